The van der Waals surface area contributed by atoms with Gasteiger partial charge in [-0.15, -0.1) is 0 Å². The Kier molecular flexibility index (Phi) is 5.91. The third-order valence-corrected chi connectivity index (χ3v) is 7.61. The first-order valence-corrected chi connectivity index (χ1v) is 9.91. The monoisotopic (exact) mass is 368 g/mol. The topological polar surface area (TPSA) is 66.9 Å². The average Bonchev–Trinajstić information content (AvgIpc) is 2.58. The van der Waals surface area contributed by atoms with Crippen LogP contribution in [0, 0.1) is 34.6 Å². The maximum absolute atomic E-state index is 13.2. The Morgan fingerprint density at radius 3 is 1.76 bits per heavy atom. The molecule has 1 heterocycles. The van der Waals surface area contributed by atoms with Crippen molar-refractivity contribution in [3.8, 4) is 0 Å². The third-order valence-electron chi connectivity index (χ3n) is 5.44. The zero-order chi connectivity index (χ0) is 18.9. The van der Waals surface area contributed by atoms with Gasteiger partial charge in [-0.3, -0.25) is 9.69 Å². The first-order chi connectivity index (χ1) is 11.6. The molecular weight excluding hydrogens is 340 g/mol. The minimum Gasteiger partial charge on any atom is -0.468 e. The first kappa shape index (κ1) is 19.9. The van der Waals surface area contributed by atoms with E-state index >= 15 is 0 Å². The predicted octanol–water partition coefficient (Wildman–Crippen LogP) is 1.71. The molecule has 1 fully saturated rings. The lowest BCUT2D eigenvalue weighted by molar-refractivity contribution is -0.142. The molecule has 1 aliphatic heterocycles. The molecule has 0 spiro atoms. The summed E-state index contributed by atoms with van der Waals surface area (Å²) in [6.45, 7) is 11.8. The van der Waals surface area contributed by atoms with Gasteiger partial charge in [-0.25, -0.2) is 8.42 Å². The molecule has 0 radical (unpaired) electrons. The maximum atomic E-state index is 13.2. The molecule has 0 amide bonds. The van der Waals surface area contributed by atoms with Gasteiger partial charge in [-0.1, -0.05) is 0 Å². The van der Waals surface area contributed by atoms with Gasteiger partial charge in [0.05, 0.1) is 18.6 Å². The number of ether oxygens (including phenoxy) is 1. The summed E-state index contributed by atoms with van der Waals surface area (Å²) in [4.78, 5) is 13.7. The molecule has 0 aromatic heterocycles. The number of methoxy groups -OCH3 is 1. The van der Waals surface area contributed by atoms with Crippen molar-refractivity contribution >= 4 is 16.0 Å². The molecule has 140 valence electrons. The van der Waals surface area contributed by atoms with Crippen LogP contribution in [0.25, 0.3) is 0 Å². The van der Waals surface area contributed by atoms with Crippen molar-refractivity contribution < 1.29 is 17.9 Å². The molecule has 0 N–H and O–H groups in total. The largest absolute Gasteiger partial charge is 0.468 e. The number of benzene rings is 1. The standard InChI is InChI=1S/C18H28N2O4S/c1-12-13(2)15(4)18(16(5)14(12)3)25(22,23)20-9-7-19(8-10-20)11-17(21)24-6/h7-11H2,1-6H3. The van der Waals surface area contributed by atoms with Crippen LogP contribution in [-0.2, 0) is 19.6 Å². The van der Waals surface area contributed by atoms with E-state index in [1.165, 1.54) is 11.4 Å². The van der Waals surface area contributed by atoms with Gasteiger partial charge in [-0.05, 0) is 62.4 Å². The Labute approximate surface area is 150 Å². The van der Waals surface area contributed by atoms with Crippen LogP contribution < -0.4 is 0 Å². The second-order valence-electron chi connectivity index (χ2n) is 6.71. The fraction of sp³-hybridized carbons (Fsp3) is 0.611. The SMILES string of the molecule is COC(=O)CN1CCN(S(=O)(=O)c2c(C)c(C)c(C)c(C)c2C)CC1. The molecule has 1 aromatic carbocycles. The van der Waals surface area contributed by atoms with Gasteiger partial charge >= 0.3 is 5.97 Å². The van der Waals surface area contributed by atoms with Crippen LogP contribution in [-0.4, -0.2) is 63.4 Å². The number of esters is 1. The molecule has 6 nitrogen and oxygen atoms in total. The summed E-state index contributed by atoms with van der Waals surface area (Å²) in [5.41, 5.74) is 4.88. The molecule has 25 heavy (non-hydrogen) atoms. The second-order valence-corrected chi connectivity index (χ2v) is 8.59. The van der Waals surface area contributed by atoms with Gasteiger partial charge in [0.15, 0.2) is 0 Å². The highest BCUT2D eigenvalue weighted by atomic mass is 32.2. The number of carbonyl (C=O) groups excluding carboxylic acids is 1. The van der Waals surface area contributed by atoms with Gasteiger partial charge in [0.25, 0.3) is 0 Å². The highest BCUT2D eigenvalue weighted by molar-refractivity contribution is 7.89. The molecule has 0 saturated carbocycles. The number of hydrogen-bond acceptors (Lipinski definition) is 5. The maximum Gasteiger partial charge on any atom is 0.319 e. The normalized spacial score (nSPS) is 16.9. The Balaban J connectivity index is 2.29. The summed E-state index contributed by atoms with van der Waals surface area (Å²) in [6, 6.07) is 0. The highest BCUT2D eigenvalue weighted by Crippen LogP contribution is 2.31. The Bertz CT molecular complexity index is 750. The minimum absolute atomic E-state index is 0.200. The van der Waals surface area contributed by atoms with E-state index in [4.69, 9.17) is 0 Å². The van der Waals surface area contributed by atoms with E-state index < -0.39 is 10.0 Å². The fourth-order valence-electron chi connectivity index (χ4n) is 3.36. The van der Waals surface area contributed by atoms with E-state index in [1.807, 2.05) is 39.5 Å². The van der Waals surface area contributed by atoms with Crippen molar-refractivity contribution in [3.05, 3.63) is 27.8 Å². The van der Waals surface area contributed by atoms with E-state index in [-0.39, 0.29) is 12.5 Å². The van der Waals surface area contributed by atoms with Crippen molar-refractivity contribution in [3.63, 3.8) is 0 Å². The van der Waals surface area contributed by atoms with E-state index in [1.54, 1.807) is 0 Å². The van der Waals surface area contributed by atoms with Crippen LogP contribution in [0.3, 0.4) is 0 Å². The highest BCUT2D eigenvalue weighted by Gasteiger charge is 2.32. The molecule has 0 atom stereocenters. The first-order valence-electron chi connectivity index (χ1n) is 8.47. The van der Waals surface area contributed by atoms with Crippen LogP contribution in [0.2, 0.25) is 0 Å². The van der Waals surface area contributed by atoms with Crippen molar-refractivity contribution in [2.24, 2.45) is 0 Å². The minimum atomic E-state index is -3.55. The predicted molar refractivity (Wildman–Crippen MR) is 97.3 cm³/mol. The summed E-state index contributed by atoms with van der Waals surface area (Å²) in [7, 11) is -2.19. The molecular formula is C18H28N2O4S. The van der Waals surface area contributed by atoms with Crippen LogP contribution in [0.4, 0.5) is 0 Å². The number of nitrogens with zero attached hydrogens (tertiary/aromatic N) is 2. The van der Waals surface area contributed by atoms with Gasteiger partial charge in [0, 0.05) is 26.2 Å². The van der Waals surface area contributed by atoms with E-state index in [0.29, 0.717) is 31.1 Å². The number of rotatable bonds is 4. The number of hydrogen-bond donors (Lipinski definition) is 0. The number of piperazine rings is 1. The number of sulfonamides is 1. The Morgan fingerprint density at radius 2 is 1.32 bits per heavy atom. The smallest absolute Gasteiger partial charge is 0.319 e. The lowest BCUT2D eigenvalue weighted by Gasteiger charge is -2.34. The Hall–Kier alpha value is -1.44. The summed E-state index contributed by atoms with van der Waals surface area (Å²) in [6.07, 6.45) is 0. The van der Waals surface area contributed by atoms with Crippen molar-refractivity contribution in [1.82, 2.24) is 9.21 Å². The van der Waals surface area contributed by atoms with E-state index in [2.05, 4.69) is 4.74 Å². The molecule has 0 aliphatic carbocycles. The van der Waals surface area contributed by atoms with Gasteiger partial charge in [0.2, 0.25) is 10.0 Å². The van der Waals surface area contributed by atoms with Crippen LogP contribution >= 0.6 is 0 Å². The van der Waals surface area contributed by atoms with Gasteiger partial charge in [0.1, 0.15) is 0 Å². The molecule has 0 unspecified atom stereocenters. The quantitative estimate of drug-likeness (QED) is 0.757. The van der Waals surface area contributed by atoms with Crippen LogP contribution in [0.5, 0.6) is 0 Å². The molecule has 0 bridgehead atoms. The van der Waals surface area contributed by atoms with E-state index in [0.717, 1.165) is 27.8 Å². The van der Waals surface area contributed by atoms with E-state index in [9.17, 15) is 13.2 Å². The summed E-state index contributed by atoms with van der Waals surface area (Å²) in [5, 5.41) is 0. The van der Waals surface area contributed by atoms with Crippen LogP contribution in [0.15, 0.2) is 4.90 Å². The second kappa shape index (κ2) is 7.43. The summed E-state index contributed by atoms with van der Waals surface area (Å²) < 4.78 is 32.7. The van der Waals surface area contributed by atoms with Crippen LogP contribution in [0.1, 0.15) is 27.8 Å². The fourth-order valence-corrected chi connectivity index (χ4v) is 5.34. The summed E-state index contributed by atoms with van der Waals surface area (Å²) >= 11 is 0. The van der Waals surface area contributed by atoms with Gasteiger partial charge < -0.3 is 4.74 Å². The molecule has 1 aromatic rings. The summed E-state index contributed by atoms with van der Waals surface area (Å²) in [5.74, 6) is -0.298. The zero-order valence-electron chi connectivity index (χ0n) is 16.0. The lowest BCUT2D eigenvalue weighted by Crippen LogP contribution is -2.50. The van der Waals surface area contributed by atoms with Crippen molar-refractivity contribution in [2.45, 2.75) is 39.5 Å². The zero-order valence-corrected chi connectivity index (χ0v) is 16.8. The van der Waals surface area contributed by atoms with Crippen molar-refractivity contribution in [2.75, 3.05) is 39.8 Å². The average molecular weight is 368 g/mol. The Morgan fingerprint density at radius 1 is 0.880 bits per heavy atom. The van der Waals surface area contributed by atoms with Gasteiger partial charge in [-0.2, -0.15) is 4.31 Å². The molecule has 7 heteroatoms. The third kappa shape index (κ3) is 3.73. The molecule has 2 rings (SSSR count). The molecule has 1 aliphatic rings. The lowest BCUT2D eigenvalue weighted by atomic mass is 9.95. The van der Waals surface area contributed by atoms with Crippen molar-refractivity contribution in [1.29, 1.82) is 0 Å². The number of carbonyl (C=O) groups is 1. The molecule has 1 saturated heterocycles.